The molecule has 1 aromatic heterocycles. The van der Waals surface area contributed by atoms with Crippen LogP contribution in [0.5, 0.6) is 5.75 Å². The van der Waals surface area contributed by atoms with Crippen molar-refractivity contribution >= 4 is 63.6 Å². The van der Waals surface area contributed by atoms with Crippen LogP contribution in [0, 0.1) is 11.9 Å². The predicted octanol–water partition coefficient (Wildman–Crippen LogP) is 4.79. The smallest absolute Gasteiger partial charge is 0.216 e. The summed E-state index contributed by atoms with van der Waals surface area (Å²) in [5.41, 5.74) is 0.680. The minimum atomic E-state index is 0.240. The van der Waals surface area contributed by atoms with Crippen LogP contribution >= 0.6 is 57.4 Å². The fourth-order valence-corrected chi connectivity index (χ4v) is 4.92. The van der Waals surface area contributed by atoms with Crippen molar-refractivity contribution in [3.05, 3.63) is 35.4 Å². The molecular formula is C15H16I2N4OS. The highest BCUT2D eigenvalue weighted by molar-refractivity contribution is 14.1. The second-order valence-corrected chi connectivity index (χ2v) is 8.40. The normalized spacial score (nSPS) is 16.3. The third-order valence-electron chi connectivity index (χ3n) is 4.02. The van der Waals surface area contributed by atoms with E-state index < -0.39 is 0 Å². The van der Waals surface area contributed by atoms with Crippen molar-refractivity contribution in [2.24, 2.45) is 5.10 Å². The van der Waals surface area contributed by atoms with Gasteiger partial charge in [0.1, 0.15) is 5.75 Å². The van der Waals surface area contributed by atoms with Crippen molar-refractivity contribution in [3.8, 4) is 5.75 Å². The first kappa shape index (κ1) is 17.3. The average molecular weight is 554 g/mol. The Kier molecular flexibility index (Phi) is 5.73. The lowest BCUT2D eigenvalue weighted by atomic mass is 9.89. The molecule has 0 atom stereocenters. The van der Waals surface area contributed by atoms with E-state index in [4.69, 9.17) is 12.2 Å². The highest BCUT2D eigenvalue weighted by atomic mass is 127. The minimum absolute atomic E-state index is 0.240. The van der Waals surface area contributed by atoms with Gasteiger partial charge in [0.2, 0.25) is 4.77 Å². The Morgan fingerprint density at radius 2 is 2.04 bits per heavy atom. The van der Waals surface area contributed by atoms with Crippen LogP contribution in [0.15, 0.2) is 17.2 Å². The van der Waals surface area contributed by atoms with Crippen molar-refractivity contribution in [1.82, 2.24) is 14.9 Å². The number of nitrogens with zero attached hydrogens (tertiary/aromatic N) is 3. The molecule has 0 saturated heterocycles. The minimum Gasteiger partial charge on any atom is -0.506 e. The molecule has 1 saturated carbocycles. The number of aromatic nitrogens is 3. The summed E-state index contributed by atoms with van der Waals surface area (Å²) >= 11 is 9.65. The SMILES string of the molecule is Oc1c(I)cc(I)cc1/C=N/n1c(C2CCCCC2)n[nH]c1=S. The molecule has 8 heteroatoms. The van der Waals surface area contributed by atoms with Gasteiger partial charge in [0.25, 0.3) is 0 Å². The van der Waals surface area contributed by atoms with E-state index in [0.717, 1.165) is 25.8 Å². The van der Waals surface area contributed by atoms with Crippen molar-refractivity contribution in [3.63, 3.8) is 0 Å². The number of aromatic amines is 1. The van der Waals surface area contributed by atoms with E-state index >= 15 is 0 Å². The molecule has 1 aromatic carbocycles. The van der Waals surface area contributed by atoms with E-state index in [1.165, 1.54) is 19.3 Å². The molecular weight excluding hydrogens is 538 g/mol. The van der Waals surface area contributed by atoms with Gasteiger partial charge < -0.3 is 5.11 Å². The molecule has 2 aromatic rings. The molecule has 122 valence electrons. The van der Waals surface area contributed by atoms with Gasteiger partial charge in [0.05, 0.1) is 9.78 Å². The summed E-state index contributed by atoms with van der Waals surface area (Å²) < 4.78 is 4.03. The highest BCUT2D eigenvalue weighted by Crippen LogP contribution is 2.31. The van der Waals surface area contributed by atoms with Gasteiger partial charge >= 0.3 is 0 Å². The van der Waals surface area contributed by atoms with Crippen LogP contribution in [0.4, 0.5) is 0 Å². The van der Waals surface area contributed by atoms with Gasteiger partial charge in [-0.05, 0) is 82.4 Å². The quantitative estimate of drug-likeness (QED) is 0.326. The molecule has 1 aliphatic rings. The Morgan fingerprint density at radius 1 is 1.30 bits per heavy atom. The Labute approximate surface area is 166 Å². The van der Waals surface area contributed by atoms with Crippen molar-refractivity contribution < 1.29 is 5.11 Å². The Hall–Kier alpha value is -0.490. The van der Waals surface area contributed by atoms with Crippen LogP contribution < -0.4 is 0 Å². The first-order chi connectivity index (χ1) is 11.1. The number of hydrogen-bond donors (Lipinski definition) is 2. The molecule has 0 aliphatic heterocycles. The Balaban J connectivity index is 1.94. The number of H-pyrrole nitrogens is 1. The zero-order valence-electron chi connectivity index (χ0n) is 12.3. The molecule has 2 N–H and O–H groups in total. The monoisotopic (exact) mass is 554 g/mol. The van der Waals surface area contributed by atoms with Crippen LogP contribution in [0.3, 0.4) is 0 Å². The van der Waals surface area contributed by atoms with E-state index in [2.05, 4.69) is 60.5 Å². The van der Waals surface area contributed by atoms with Crippen LogP contribution in [0.1, 0.15) is 49.4 Å². The summed E-state index contributed by atoms with van der Waals surface area (Å²) in [6.07, 6.45) is 7.65. The van der Waals surface area contributed by atoms with E-state index in [0.29, 0.717) is 16.3 Å². The molecule has 1 fully saturated rings. The summed E-state index contributed by atoms with van der Waals surface area (Å²) in [4.78, 5) is 0. The van der Waals surface area contributed by atoms with Crippen LogP contribution in [0.2, 0.25) is 0 Å². The second kappa shape index (κ2) is 7.60. The molecule has 5 nitrogen and oxygen atoms in total. The third kappa shape index (κ3) is 3.95. The topological polar surface area (TPSA) is 66.2 Å². The van der Waals surface area contributed by atoms with Crippen LogP contribution in [-0.4, -0.2) is 26.2 Å². The maximum atomic E-state index is 10.2. The molecule has 1 aliphatic carbocycles. The molecule has 0 unspecified atom stereocenters. The summed E-state index contributed by atoms with van der Waals surface area (Å²) in [6, 6.07) is 3.82. The number of nitrogens with one attached hydrogen (secondary N) is 1. The number of phenolic OH excluding ortho intramolecular Hbond substituents is 1. The first-order valence-corrected chi connectivity index (χ1v) is 10.0. The maximum absolute atomic E-state index is 10.2. The number of hydrogen-bond acceptors (Lipinski definition) is 4. The van der Waals surface area contributed by atoms with E-state index in [1.54, 1.807) is 10.9 Å². The third-order valence-corrected chi connectivity index (χ3v) is 5.73. The predicted molar refractivity (Wildman–Crippen MR) is 110 cm³/mol. The lowest BCUT2D eigenvalue weighted by Crippen LogP contribution is -2.10. The number of phenols is 1. The lowest BCUT2D eigenvalue weighted by molar-refractivity contribution is 0.419. The zero-order chi connectivity index (χ0) is 16.4. The van der Waals surface area contributed by atoms with Gasteiger partial charge in [-0.25, -0.2) is 0 Å². The summed E-state index contributed by atoms with van der Waals surface area (Å²) in [6.45, 7) is 0. The number of benzene rings is 1. The van der Waals surface area contributed by atoms with Gasteiger partial charge in [-0.1, -0.05) is 19.3 Å². The van der Waals surface area contributed by atoms with Gasteiger partial charge in [-0.15, -0.1) is 0 Å². The number of rotatable bonds is 3. The summed E-state index contributed by atoms with van der Waals surface area (Å²) in [7, 11) is 0. The van der Waals surface area contributed by atoms with E-state index in [1.807, 2.05) is 12.1 Å². The second-order valence-electron chi connectivity index (χ2n) is 5.60. The fraction of sp³-hybridized carbons (Fsp3) is 0.400. The van der Waals surface area contributed by atoms with E-state index in [9.17, 15) is 5.11 Å². The van der Waals surface area contributed by atoms with Crippen LogP contribution in [0.25, 0.3) is 0 Å². The van der Waals surface area contributed by atoms with E-state index in [-0.39, 0.29) is 5.75 Å². The lowest BCUT2D eigenvalue weighted by Gasteiger charge is -2.19. The molecule has 0 amide bonds. The van der Waals surface area contributed by atoms with Gasteiger partial charge in [0.15, 0.2) is 5.82 Å². The highest BCUT2D eigenvalue weighted by Gasteiger charge is 2.21. The Bertz CT molecular complexity index is 793. The summed E-state index contributed by atoms with van der Waals surface area (Å²) in [5.74, 6) is 1.54. The molecule has 0 bridgehead atoms. The molecule has 0 radical (unpaired) electrons. The Morgan fingerprint density at radius 3 is 2.78 bits per heavy atom. The largest absolute Gasteiger partial charge is 0.506 e. The first-order valence-electron chi connectivity index (χ1n) is 7.46. The maximum Gasteiger partial charge on any atom is 0.216 e. The zero-order valence-corrected chi connectivity index (χ0v) is 17.4. The van der Waals surface area contributed by atoms with Gasteiger partial charge in [0, 0.05) is 15.1 Å². The van der Waals surface area contributed by atoms with Crippen molar-refractivity contribution in [2.45, 2.75) is 38.0 Å². The van der Waals surface area contributed by atoms with Gasteiger partial charge in [-0.3, -0.25) is 5.10 Å². The molecule has 0 spiro atoms. The number of halogens is 2. The standard InChI is InChI=1S/C15H16I2N4OS/c16-11-6-10(13(22)12(17)7-11)8-18-21-14(19-20-15(21)23)9-4-2-1-3-5-9/h6-9,22H,1-5H2,(H,20,23)/b18-8+. The van der Waals surface area contributed by atoms with Crippen molar-refractivity contribution in [2.75, 3.05) is 0 Å². The number of aromatic hydroxyl groups is 1. The van der Waals surface area contributed by atoms with Crippen LogP contribution in [-0.2, 0) is 0 Å². The molecule has 1 heterocycles. The average Bonchev–Trinajstić information content (AvgIpc) is 2.91. The van der Waals surface area contributed by atoms with Gasteiger partial charge in [-0.2, -0.15) is 14.9 Å². The molecule has 23 heavy (non-hydrogen) atoms. The summed E-state index contributed by atoms with van der Waals surface area (Å²) in [5, 5.41) is 21.9. The fourth-order valence-electron chi connectivity index (χ4n) is 2.84. The van der Waals surface area contributed by atoms with Crippen molar-refractivity contribution in [1.29, 1.82) is 0 Å². The molecule has 3 rings (SSSR count).